The van der Waals surface area contributed by atoms with Gasteiger partial charge in [-0.25, -0.2) is 13.8 Å². The van der Waals surface area contributed by atoms with E-state index < -0.39 is 22.8 Å². The van der Waals surface area contributed by atoms with Gasteiger partial charge in [-0.15, -0.1) is 0 Å². The molecule has 1 unspecified atom stereocenters. The van der Waals surface area contributed by atoms with E-state index in [1.54, 1.807) is 36.5 Å². The lowest BCUT2D eigenvalue weighted by atomic mass is 9.92. The van der Waals surface area contributed by atoms with Crippen molar-refractivity contribution in [2.45, 2.75) is 13.3 Å². The predicted molar refractivity (Wildman–Crippen MR) is 130 cm³/mol. The van der Waals surface area contributed by atoms with Crippen LogP contribution in [0.4, 0.5) is 8.78 Å². The average Bonchev–Trinajstić information content (AvgIpc) is 3.33. The third-order valence-corrected chi connectivity index (χ3v) is 6.09. The number of ether oxygens (including phenoxy) is 2. The highest BCUT2D eigenvalue weighted by Gasteiger charge is 2.29. The number of rotatable bonds is 6. The van der Waals surface area contributed by atoms with Gasteiger partial charge in [0, 0.05) is 29.8 Å². The Morgan fingerprint density at radius 2 is 1.94 bits per heavy atom. The number of benzene rings is 2. The molecule has 0 aliphatic carbocycles. The number of hydrogen-bond acceptors (Lipinski definition) is 6. The number of nitrogens with zero attached hydrogens (tertiary/aromatic N) is 3. The van der Waals surface area contributed by atoms with E-state index in [9.17, 15) is 5.11 Å². The minimum absolute atomic E-state index is 0.0601. The van der Waals surface area contributed by atoms with Crippen LogP contribution < -0.4 is 4.74 Å². The van der Waals surface area contributed by atoms with Crippen molar-refractivity contribution in [2.75, 3.05) is 19.8 Å². The van der Waals surface area contributed by atoms with E-state index in [0.717, 1.165) is 11.1 Å². The molecule has 1 aliphatic rings. The third kappa shape index (κ3) is 4.51. The van der Waals surface area contributed by atoms with E-state index >= 15 is 8.78 Å². The Bertz CT molecular complexity index is 1480. The summed E-state index contributed by atoms with van der Waals surface area (Å²) < 4.78 is 41.4. The molecule has 5 rings (SSSR count). The number of pyridine rings is 1. The number of hydrogen-bond donors (Lipinski definition) is 2. The Morgan fingerprint density at radius 3 is 2.58 bits per heavy atom. The summed E-state index contributed by atoms with van der Waals surface area (Å²) in [6.07, 6.45) is 3.34. The molecule has 36 heavy (non-hydrogen) atoms. The van der Waals surface area contributed by atoms with Gasteiger partial charge in [0.25, 0.3) is 0 Å². The van der Waals surface area contributed by atoms with Gasteiger partial charge in [0.15, 0.2) is 23.3 Å². The Hall–Kier alpha value is -4.29. The van der Waals surface area contributed by atoms with Crippen molar-refractivity contribution in [3.63, 3.8) is 0 Å². The molecule has 0 radical (unpaired) electrons. The number of aromatic nitrogens is 2. The summed E-state index contributed by atoms with van der Waals surface area (Å²) in [4.78, 5) is 11.6. The fraction of sp³-hybridized carbons (Fsp3) is 0.222. The highest BCUT2D eigenvalue weighted by molar-refractivity contribution is 5.98. The fourth-order valence-corrected chi connectivity index (χ4v) is 3.99. The first-order valence-electron chi connectivity index (χ1n) is 11.3. The molecule has 0 saturated heterocycles. The molecule has 9 heteroatoms. The van der Waals surface area contributed by atoms with Crippen molar-refractivity contribution in [1.29, 1.82) is 5.26 Å². The summed E-state index contributed by atoms with van der Waals surface area (Å²) in [6.45, 7) is 2.45. The van der Waals surface area contributed by atoms with E-state index in [1.807, 2.05) is 6.92 Å². The standard InChI is InChI=1S/C27H22F2N4O3/c1-27(14-34)13-33-23(35-15-27)10-17-8-20(28)25(21(29)9-17)36-22-6-7-31-26-24(22)19(12-32-26)18-4-2-16(11-30)3-5-18/h2-9,12,34H,10,13-15H2,1H3,(H,31,32). The minimum Gasteiger partial charge on any atom is -0.480 e. The topological polar surface area (TPSA) is 104 Å². The zero-order valence-electron chi connectivity index (χ0n) is 19.4. The molecule has 4 aromatic rings. The highest BCUT2D eigenvalue weighted by Crippen LogP contribution is 2.38. The molecule has 0 bridgehead atoms. The lowest BCUT2D eigenvalue weighted by molar-refractivity contribution is 0.0691. The van der Waals surface area contributed by atoms with Crippen LogP contribution in [0.2, 0.25) is 0 Å². The Balaban J connectivity index is 1.43. The largest absolute Gasteiger partial charge is 0.480 e. The van der Waals surface area contributed by atoms with Crippen LogP contribution >= 0.6 is 0 Å². The summed E-state index contributed by atoms with van der Waals surface area (Å²) in [5.74, 6) is -1.65. The van der Waals surface area contributed by atoms with Gasteiger partial charge in [-0.2, -0.15) is 5.26 Å². The summed E-state index contributed by atoms with van der Waals surface area (Å²) in [6, 6.07) is 13.0. The first kappa shape index (κ1) is 23.5. The fourth-order valence-electron chi connectivity index (χ4n) is 3.99. The van der Waals surface area contributed by atoms with Gasteiger partial charge in [0.2, 0.25) is 0 Å². The average molecular weight is 488 g/mol. The number of aromatic amines is 1. The van der Waals surface area contributed by atoms with Crippen molar-refractivity contribution in [1.82, 2.24) is 9.97 Å². The molecule has 0 saturated carbocycles. The number of fused-ring (bicyclic) bond motifs is 1. The zero-order valence-corrected chi connectivity index (χ0v) is 19.4. The van der Waals surface area contributed by atoms with E-state index in [2.05, 4.69) is 21.0 Å². The maximum absolute atomic E-state index is 15.0. The van der Waals surface area contributed by atoms with Crippen LogP contribution in [0.1, 0.15) is 18.1 Å². The third-order valence-electron chi connectivity index (χ3n) is 6.09. The Kier molecular flexibility index (Phi) is 6.12. The lowest BCUT2D eigenvalue weighted by Crippen LogP contribution is -2.36. The number of aliphatic hydroxyl groups excluding tert-OH is 1. The predicted octanol–water partition coefficient (Wildman–Crippen LogP) is 5.14. The van der Waals surface area contributed by atoms with Gasteiger partial charge in [-0.05, 0) is 41.5 Å². The van der Waals surface area contributed by atoms with Gasteiger partial charge in [0.1, 0.15) is 11.4 Å². The number of aliphatic hydroxyl groups is 1. The molecule has 2 aromatic heterocycles. The quantitative estimate of drug-likeness (QED) is 0.391. The summed E-state index contributed by atoms with van der Waals surface area (Å²) in [5, 5.41) is 19.0. The second kappa shape index (κ2) is 9.40. The summed E-state index contributed by atoms with van der Waals surface area (Å²) in [5.41, 5.74) is 2.42. The van der Waals surface area contributed by atoms with E-state index in [1.165, 1.54) is 18.3 Å². The van der Waals surface area contributed by atoms with Crippen molar-refractivity contribution in [3.8, 4) is 28.7 Å². The van der Waals surface area contributed by atoms with Gasteiger partial charge in [-0.3, -0.25) is 4.99 Å². The first-order valence-corrected chi connectivity index (χ1v) is 11.3. The lowest BCUT2D eigenvalue weighted by Gasteiger charge is -2.30. The van der Waals surface area contributed by atoms with E-state index in [4.69, 9.17) is 14.7 Å². The molecular formula is C27H22F2N4O3. The van der Waals surface area contributed by atoms with Crippen molar-refractivity contribution < 1.29 is 23.4 Å². The molecule has 1 aliphatic heterocycles. The molecule has 2 N–H and O–H groups in total. The van der Waals surface area contributed by atoms with Crippen molar-refractivity contribution >= 4 is 16.9 Å². The van der Waals surface area contributed by atoms with Gasteiger partial charge < -0.3 is 19.6 Å². The second-order valence-corrected chi connectivity index (χ2v) is 9.06. The summed E-state index contributed by atoms with van der Waals surface area (Å²) in [7, 11) is 0. The second-order valence-electron chi connectivity index (χ2n) is 9.06. The number of nitrogens with one attached hydrogen (secondary N) is 1. The number of halogens is 2. The maximum Gasteiger partial charge on any atom is 0.198 e. The van der Waals surface area contributed by atoms with Crippen LogP contribution in [0, 0.1) is 28.4 Å². The molecule has 0 spiro atoms. The van der Waals surface area contributed by atoms with Crippen LogP contribution in [0.5, 0.6) is 11.5 Å². The normalized spacial score (nSPS) is 17.4. The maximum atomic E-state index is 15.0. The SMILES string of the molecule is CC1(CO)CN=C(Cc2cc(F)c(Oc3ccnc4[nH]cc(-c5ccc(C#N)cc5)c34)c(F)c2)OC1. The van der Waals surface area contributed by atoms with Gasteiger partial charge in [0.05, 0.1) is 36.8 Å². The Morgan fingerprint density at radius 1 is 1.19 bits per heavy atom. The van der Waals surface area contributed by atoms with E-state index in [0.29, 0.717) is 34.6 Å². The summed E-state index contributed by atoms with van der Waals surface area (Å²) >= 11 is 0. The molecule has 1 atom stereocenters. The first-order chi connectivity index (χ1) is 17.4. The van der Waals surface area contributed by atoms with Crippen LogP contribution in [0.25, 0.3) is 22.2 Å². The molecule has 3 heterocycles. The monoisotopic (exact) mass is 488 g/mol. The van der Waals surface area contributed by atoms with Crippen LogP contribution in [0.3, 0.4) is 0 Å². The smallest absolute Gasteiger partial charge is 0.198 e. The zero-order chi connectivity index (χ0) is 25.3. The van der Waals surface area contributed by atoms with Crippen LogP contribution in [-0.2, 0) is 11.2 Å². The number of aliphatic imine (C=N–C) groups is 1. The minimum atomic E-state index is -0.859. The Labute approximate surface area is 205 Å². The van der Waals surface area contributed by atoms with Gasteiger partial charge >= 0.3 is 0 Å². The molecule has 0 fully saturated rings. The van der Waals surface area contributed by atoms with Crippen LogP contribution in [-0.4, -0.2) is 40.7 Å². The molecule has 0 amide bonds. The van der Waals surface area contributed by atoms with Crippen molar-refractivity contribution in [2.24, 2.45) is 10.4 Å². The van der Waals surface area contributed by atoms with Gasteiger partial charge in [-0.1, -0.05) is 19.1 Å². The number of H-pyrrole nitrogens is 1. The number of nitriles is 1. The molecular weight excluding hydrogens is 466 g/mol. The molecule has 182 valence electrons. The molecule has 2 aromatic carbocycles. The highest BCUT2D eigenvalue weighted by atomic mass is 19.1. The van der Waals surface area contributed by atoms with Crippen molar-refractivity contribution in [3.05, 3.63) is 77.6 Å². The molecule has 7 nitrogen and oxygen atoms in total. The van der Waals surface area contributed by atoms with E-state index in [-0.39, 0.29) is 25.4 Å². The van der Waals surface area contributed by atoms with Crippen LogP contribution in [0.15, 0.2) is 59.9 Å².